The maximum atomic E-state index is 12.4. The SMILES string of the molecule is CCN(C(=O)OC(C)(C)C)C1CCN(Cc2ccccc2)CC1. The molecular weight excluding hydrogens is 288 g/mol. The molecule has 1 heterocycles. The number of piperidine rings is 1. The van der Waals surface area contributed by atoms with Crippen molar-refractivity contribution in [3.05, 3.63) is 35.9 Å². The summed E-state index contributed by atoms with van der Waals surface area (Å²) in [6.07, 6.45) is 1.85. The molecule has 1 aliphatic rings. The van der Waals surface area contributed by atoms with Crippen LogP contribution in [0.5, 0.6) is 0 Å². The van der Waals surface area contributed by atoms with Gasteiger partial charge in [-0.15, -0.1) is 0 Å². The molecule has 4 heteroatoms. The first-order valence-corrected chi connectivity index (χ1v) is 8.65. The van der Waals surface area contributed by atoms with Crippen molar-refractivity contribution < 1.29 is 9.53 Å². The zero-order chi connectivity index (χ0) is 16.9. The van der Waals surface area contributed by atoms with Gasteiger partial charge in [-0.05, 0) is 46.1 Å². The molecule has 0 saturated carbocycles. The van der Waals surface area contributed by atoms with Crippen LogP contribution in [0, 0.1) is 0 Å². The lowest BCUT2D eigenvalue weighted by molar-refractivity contribution is 0.00925. The Kier molecular flexibility index (Phi) is 6.05. The number of rotatable bonds is 4. The van der Waals surface area contributed by atoms with E-state index in [4.69, 9.17) is 4.74 Å². The van der Waals surface area contributed by atoms with Gasteiger partial charge < -0.3 is 9.64 Å². The first-order valence-electron chi connectivity index (χ1n) is 8.65. The van der Waals surface area contributed by atoms with E-state index >= 15 is 0 Å². The van der Waals surface area contributed by atoms with Gasteiger partial charge in [-0.25, -0.2) is 4.79 Å². The van der Waals surface area contributed by atoms with Crippen LogP contribution in [0.2, 0.25) is 0 Å². The Labute approximate surface area is 140 Å². The quantitative estimate of drug-likeness (QED) is 0.844. The molecule has 128 valence electrons. The largest absolute Gasteiger partial charge is 0.444 e. The summed E-state index contributed by atoms with van der Waals surface area (Å²) in [5.41, 5.74) is 0.920. The second kappa shape index (κ2) is 7.82. The van der Waals surface area contributed by atoms with E-state index in [1.54, 1.807) is 0 Å². The van der Waals surface area contributed by atoms with Crippen molar-refractivity contribution in [2.45, 2.75) is 58.7 Å². The van der Waals surface area contributed by atoms with Crippen LogP contribution in [0.1, 0.15) is 46.1 Å². The average Bonchev–Trinajstić information content (AvgIpc) is 2.49. The fraction of sp³-hybridized carbons (Fsp3) is 0.632. The van der Waals surface area contributed by atoms with Gasteiger partial charge in [-0.1, -0.05) is 30.3 Å². The average molecular weight is 318 g/mol. The predicted molar refractivity (Wildman–Crippen MR) is 93.4 cm³/mol. The van der Waals surface area contributed by atoms with Crippen molar-refractivity contribution in [3.8, 4) is 0 Å². The summed E-state index contributed by atoms with van der Waals surface area (Å²) in [6.45, 7) is 11.5. The van der Waals surface area contributed by atoms with Crippen molar-refractivity contribution in [2.75, 3.05) is 19.6 Å². The Morgan fingerprint density at radius 1 is 1.22 bits per heavy atom. The van der Waals surface area contributed by atoms with E-state index in [-0.39, 0.29) is 6.09 Å². The normalized spacial score (nSPS) is 17.0. The van der Waals surface area contributed by atoms with Crippen LogP contribution in [-0.2, 0) is 11.3 Å². The fourth-order valence-corrected chi connectivity index (χ4v) is 3.09. The summed E-state index contributed by atoms with van der Waals surface area (Å²) in [6, 6.07) is 10.9. The van der Waals surface area contributed by atoms with E-state index in [1.165, 1.54) is 5.56 Å². The molecule has 1 saturated heterocycles. The summed E-state index contributed by atoms with van der Waals surface area (Å²) in [5, 5.41) is 0. The highest BCUT2D eigenvalue weighted by molar-refractivity contribution is 5.68. The predicted octanol–water partition coefficient (Wildman–Crippen LogP) is 3.91. The molecule has 2 rings (SSSR count). The zero-order valence-corrected chi connectivity index (χ0v) is 14.9. The van der Waals surface area contributed by atoms with E-state index < -0.39 is 5.60 Å². The highest BCUT2D eigenvalue weighted by Gasteiger charge is 2.29. The minimum Gasteiger partial charge on any atom is -0.444 e. The van der Waals surface area contributed by atoms with Crippen LogP contribution >= 0.6 is 0 Å². The molecule has 0 bridgehead atoms. The van der Waals surface area contributed by atoms with Crippen LogP contribution in [0.25, 0.3) is 0 Å². The van der Waals surface area contributed by atoms with E-state index in [0.717, 1.165) is 32.5 Å². The van der Waals surface area contributed by atoms with Gasteiger partial charge in [0.1, 0.15) is 5.60 Å². The van der Waals surface area contributed by atoms with Crippen LogP contribution in [0.3, 0.4) is 0 Å². The molecule has 0 atom stereocenters. The second-order valence-corrected chi connectivity index (χ2v) is 7.26. The second-order valence-electron chi connectivity index (χ2n) is 7.26. The van der Waals surface area contributed by atoms with Gasteiger partial charge in [0, 0.05) is 32.2 Å². The minimum absolute atomic E-state index is 0.179. The molecule has 1 amide bonds. The molecule has 0 N–H and O–H groups in total. The van der Waals surface area contributed by atoms with Crippen LogP contribution in [-0.4, -0.2) is 47.2 Å². The Morgan fingerprint density at radius 2 is 1.83 bits per heavy atom. The van der Waals surface area contributed by atoms with Crippen molar-refractivity contribution in [2.24, 2.45) is 0 Å². The molecule has 1 fully saturated rings. The van der Waals surface area contributed by atoms with E-state index in [0.29, 0.717) is 12.6 Å². The van der Waals surface area contributed by atoms with E-state index in [1.807, 2.05) is 32.6 Å². The Balaban J connectivity index is 1.85. The van der Waals surface area contributed by atoms with Crippen LogP contribution in [0.15, 0.2) is 30.3 Å². The van der Waals surface area contributed by atoms with Gasteiger partial charge in [-0.3, -0.25) is 4.90 Å². The summed E-state index contributed by atoms with van der Waals surface area (Å²) in [7, 11) is 0. The molecule has 4 nitrogen and oxygen atoms in total. The molecule has 1 aliphatic heterocycles. The number of amides is 1. The van der Waals surface area contributed by atoms with Gasteiger partial charge in [0.25, 0.3) is 0 Å². The molecule has 0 aliphatic carbocycles. The molecule has 23 heavy (non-hydrogen) atoms. The lowest BCUT2D eigenvalue weighted by atomic mass is 10.0. The van der Waals surface area contributed by atoms with Crippen LogP contribution < -0.4 is 0 Å². The third-order valence-corrected chi connectivity index (χ3v) is 4.22. The Bertz CT molecular complexity index is 488. The standard InChI is InChI=1S/C19H30N2O2/c1-5-21(18(22)23-19(2,3)4)17-11-13-20(14-12-17)15-16-9-7-6-8-10-16/h6-10,17H,5,11-15H2,1-4H3. The number of likely N-dealkylation sites (tertiary alicyclic amines) is 1. The first-order chi connectivity index (χ1) is 10.9. The smallest absolute Gasteiger partial charge is 0.410 e. The van der Waals surface area contributed by atoms with Crippen molar-refractivity contribution in [1.82, 2.24) is 9.80 Å². The minimum atomic E-state index is -0.432. The van der Waals surface area contributed by atoms with Gasteiger partial charge in [0.15, 0.2) is 0 Å². The third-order valence-electron chi connectivity index (χ3n) is 4.22. The van der Waals surface area contributed by atoms with E-state index in [9.17, 15) is 4.79 Å². The van der Waals surface area contributed by atoms with Gasteiger partial charge in [0.2, 0.25) is 0 Å². The third kappa shape index (κ3) is 5.54. The maximum absolute atomic E-state index is 12.4. The van der Waals surface area contributed by atoms with Gasteiger partial charge in [0.05, 0.1) is 0 Å². The first kappa shape index (κ1) is 17.8. The molecule has 1 aromatic rings. The van der Waals surface area contributed by atoms with Crippen LogP contribution in [0.4, 0.5) is 4.79 Å². The Hall–Kier alpha value is -1.55. The van der Waals surface area contributed by atoms with Gasteiger partial charge >= 0.3 is 6.09 Å². The highest BCUT2D eigenvalue weighted by Crippen LogP contribution is 2.20. The summed E-state index contributed by atoms with van der Waals surface area (Å²) >= 11 is 0. The molecular formula is C19H30N2O2. The monoisotopic (exact) mass is 318 g/mol. The highest BCUT2D eigenvalue weighted by atomic mass is 16.6. The van der Waals surface area contributed by atoms with Gasteiger partial charge in [-0.2, -0.15) is 0 Å². The van der Waals surface area contributed by atoms with Crippen molar-refractivity contribution >= 4 is 6.09 Å². The van der Waals surface area contributed by atoms with Crippen molar-refractivity contribution in [3.63, 3.8) is 0 Å². The molecule has 0 radical (unpaired) electrons. The summed E-state index contributed by atoms with van der Waals surface area (Å²) in [5.74, 6) is 0. The number of ether oxygens (including phenoxy) is 1. The van der Waals surface area contributed by atoms with Crippen molar-refractivity contribution in [1.29, 1.82) is 0 Å². The summed E-state index contributed by atoms with van der Waals surface area (Å²) < 4.78 is 5.54. The zero-order valence-electron chi connectivity index (χ0n) is 14.9. The fourth-order valence-electron chi connectivity index (χ4n) is 3.09. The number of hydrogen-bond donors (Lipinski definition) is 0. The number of nitrogens with zero attached hydrogens (tertiary/aromatic N) is 2. The molecule has 0 unspecified atom stereocenters. The maximum Gasteiger partial charge on any atom is 0.410 e. The topological polar surface area (TPSA) is 32.8 Å². The Morgan fingerprint density at radius 3 is 2.35 bits per heavy atom. The molecule has 1 aromatic carbocycles. The number of hydrogen-bond acceptors (Lipinski definition) is 3. The lowest BCUT2D eigenvalue weighted by Gasteiger charge is -2.38. The lowest BCUT2D eigenvalue weighted by Crippen LogP contribution is -2.48. The number of carbonyl (C=O) groups is 1. The summed E-state index contributed by atoms with van der Waals surface area (Å²) in [4.78, 5) is 16.7. The van der Waals surface area contributed by atoms with E-state index in [2.05, 4.69) is 35.2 Å². The molecule has 0 spiro atoms. The number of carbonyl (C=O) groups excluding carboxylic acids is 1. The molecule has 0 aromatic heterocycles. The number of benzene rings is 1.